The summed E-state index contributed by atoms with van der Waals surface area (Å²) in [5.74, 6) is 0.590. The first kappa shape index (κ1) is 17.0. The number of piperazine rings is 1. The van der Waals surface area contributed by atoms with Gasteiger partial charge in [-0.15, -0.1) is 0 Å². The molecule has 0 spiro atoms. The average molecular weight is 350 g/mol. The Labute approximate surface area is 155 Å². The molecule has 2 aromatic rings. The predicted molar refractivity (Wildman–Crippen MR) is 102 cm³/mol. The Hall–Kier alpha value is -2.40. The highest BCUT2D eigenvalue weighted by atomic mass is 16.2. The average Bonchev–Trinajstić information content (AvgIpc) is 3.53. The molecule has 26 heavy (non-hydrogen) atoms. The summed E-state index contributed by atoms with van der Waals surface area (Å²) >= 11 is 0. The van der Waals surface area contributed by atoms with E-state index in [2.05, 4.69) is 33.4 Å². The number of rotatable bonds is 5. The molecule has 1 N–H and O–H groups in total. The van der Waals surface area contributed by atoms with Gasteiger partial charge in [0.2, 0.25) is 0 Å². The van der Waals surface area contributed by atoms with Gasteiger partial charge in [-0.25, -0.2) is 4.79 Å². The second-order valence-corrected chi connectivity index (χ2v) is 7.26. The molecule has 5 nitrogen and oxygen atoms in total. The smallest absolute Gasteiger partial charge is 0.317 e. The van der Waals surface area contributed by atoms with E-state index in [9.17, 15) is 4.79 Å². The van der Waals surface area contributed by atoms with Gasteiger partial charge in [-0.2, -0.15) is 0 Å². The first-order valence-electron chi connectivity index (χ1n) is 9.52. The summed E-state index contributed by atoms with van der Waals surface area (Å²) < 4.78 is 0. The number of carbonyl (C=O) groups excluding carboxylic acids is 1. The molecule has 5 heteroatoms. The highest BCUT2D eigenvalue weighted by molar-refractivity contribution is 5.75. The number of pyridine rings is 1. The summed E-state index contributed by atoms with van der Waals surface area (Å²) in [4.78, 5) is 21.5. The molecule has 1 unspecified atom stereocenters. The summed E-state index contributed by atoms with van der Waals surface area (Å²) in [6.45, 7) is 4.17. The number of aromatic nitrogens is 1. The maximum absolute atomic E-state index is 12.8. The van der Waals surface area contributed by atoms with E-state index in [1.807, 2.05) is 41.4 Å². The third-order valence-electron chi connectivity index (χ3n) is 5.30. The van der Waals surface area contributed by atoms with E-state index in [0.717, 1.165) is 38.4 Å². The minimum Gasteiger partial charge on any atom is -0.331 e. The van der Waals surface area contributed by atoms with Crippen LogP contribution in [0.25, 0.3) is 0 Å². The van der Waals surface area contributed by atoms with Crippen molar-refractivity contribution in [1.82, 2.24) is 20.1 Å². The van der Waals surface area contributed by atoms with Gasteiger partial charge in [-0.3, -0.25) is 9.88 Å². The summed E-state index contributed by atoms with van der Waals surface area (Å²) in [7, 11) is 0. The maximum Gasteiger partial charge on any atom is 0.317 e. The van der Waals surface area contributed by atoms with Crippen LogP contribution in [0.1, 0.15) is 30.1 Å². The zero-order valence-electron chi connectivity index (χ0n) is 15.1. The van der Waals surface area contributed by atoms with E-state index >= 15 is 0 Å². The molecule has 1 saturated heterocycles. The lowest BCUT2D eigenvalue weighted by molar-refractivity contribution is 0.132. The van der Waals surface area contributed by atoms with Gasteiger partial charge in [-0.1, -0.05) is 36.4 Å². The largest absolute Gasteiger partial charge is 0.331 e. The molecule has 1 saturated carbocycles. The minimum absolute atomic E-state index is 0.0724. The molecule has 1 aromatic heterocycles. The molecular weight excluding hydrogens is 324 g/mol. The third kappa shape index (κ3) is 4.22. The van der Waals surface area contributed by atoms with Crippen molar-refractivity contribution in [2.24, 2.45) is 5.92 Å². The Balaban J connectivity index is 1.30. The fourth-order valence-electron chi connectivity index (χ4n) is 3.62. The molecule has 2 aliphatic rings. The number of hydrogen-bond donors (Lipinski definition) is 1. The molecule has 1 aliphatic heterocycles. The van der Waals surface area contributed by atoms with E-state index in [1.165, 1.54) is 18.4 Å². The van der Waals surface area contributed by atoms with Crippen LogP contribution in [0.4, 0.5) is 4.79 Å². The fraction of sp³-hybridized carbons (Fsp3) is 0.429. The lowest BCUT2D eigenvalue weighted by atomic mass is 10.0. The van der Waals surface area contributed by atoms with Crippen LogP contribution in [-0.4, -0.2) is 47.0 Å². The fourth-order valence-corrected chi connectivity index (χ4v) is 3.62. The monoisotopic (exact) mass is 350 g/mol. The van der Waals surface area contributed by atoms with Crippen molar-refractivity contribution in [3.8, 4) is 0 Å². The Morgan fingerprint density at radius 2 is 1.77 bits per heavy atom. The minimum atomic E-state index is 0.0724. The van der Waals surface area contributed by atoms with Gasteiger partial charge in [0.15, 0.2) is 0 Å². The summed E-state index contributed by atoms with van der Waals surface area (Å²) in [6, 6.07) is 16.6. The molecule has 136 valence electrons. The van der Waals surface area contributed by atoms with Crippen LogP contribution in [0.3, 0.4) is 0 Å². The lowest BCUT2D eigenvalue weighted by Gasteiger charge is -2.35. The van der Waals surface area contributed by atoms with Crippen LogP contribution in [-0.2, 0) is 6.54 Å². The quantitative estimate of drug-likeness (QED) is 0.902. The van der Waals surface area contributed by atoms with Crippen molar-refractivity contribution in [3.05, 3.63) is 66.0 Å². The number of benzene rings is 1. The van der Waals surface area contributed by atoms with Crippen molar-refractivity contribution in [2.75, 3.05) is 26.2 Å². The SMILES string of the molecule is O=C(NC(c1ccccc1)C1CC1)N1CCN(Cc2ccccn2)CC1. The van der Waals surface area contributed by atoms with E-state index in [-0.39, 0.29) is 12.1 Å². The summed E-state index contributed by atoms with van der Waals surface area (Å²) in [5.41, 5.74) is 2.31. The van der Waals surface area contributed by atoms with E-state index in [0.29, 0.717) is 5.92 Å². The molecule has 4 rings (SSSR count). The van der Waals surface area contributed by atoms with Gasteiger partial charge in [0.25, 0.3) is 0 Å². The Morgan fingerprint density at radius 3 is 2.42 bits per heavy atom. The van der Waals surface area contributed by atoms with Crippen LogP contribution in [0, 0.1) is 5.92 Å². The van der Waals surface area contributed by atoms with Gasteiger partial charge >= 0.3 is 6.03 Å². The van der Waals surface area contributed by atoms with Crippen LogP contribution in [0.2, 0.25) is 0 Å². The Kier molecular flexibility index (Phi) is 5.16. The molecule has 2 heterocycles. The van der Waals surface area contributed by atoms with Gasteiger partial charge in [0, 0.05) is 38.9 Å². The number of urea groups is 1. The van der Waals surface area contributed by atoms with Gasteiger partial charge in [0.05, 0.1) is 11.7 Å². The molecule has 1 aromatic carbocycles. The number of nitrogens with one attached hydrogen (secondary N) is 1. The van der Waals surface area contributed by atoms with Crippen LogP contribution in [0.15, 0.2) is 54.7 Å². The lowest BCUT2D eigenvalue weighted by Crippen LogP contribution is -2.52. The second-order valence-electron chi connectivity index (χ2n) is 7.26. The Bertz CT molecular complexity index is 709. The first-order chi connectivity index (χ1) is 12.8. The predicted octanol–water partition coefficient (Wildman–Crippen LogP) is 3.06. The molecule has 2 fully saturated rings. The number of hydrogen-bond acceptors (Lipinski definition) is 3. The van der Waals surface area contributed by atoms with Crippen LogP contribution in [0.5, 0.6) is 0 Å². The molecule has 2 amide bonds. The zero-order valence-corrected chi connectivity index (χ0v) is 15.1. The van der Waals surface area contributed by atoms with Gasteiger partial charge in [-0.05, 0) is 36.5 Å². The topological polar surface area (TPSA) is 48.5 Å². The highest BCUT2D eigenvalue weighted by Gasteiger charge is 2.34. The number of carbonyl (C=O) groups is 1. The molecule has 0 bridgehead atoms. The molecule has 0 radical (unpaired) electrons. The molecule has 1 aliphatic carbocycles. The van der Waals surface area contributed by atoms with Crippen molar-refractivity contribution in [3.63, 3.8) is 0 Å². The Morgan fingerprint density at radius 1 is 1.04 bits per heavy atom. The van der Waals surface area contributed by atoms with Crippen LogP contribution >= 0.6 is 0 Å². The van der Waals surface area contributed by atoms with E-state index in [1.54, 1.807) is 0 Å². The third-order valence-corrected chi connectivity index (χ3v) is 5.30. The maximum atomic E-state index is 12.8. The van der Waals surface area contributed by atoms with Crippen molar-refractivity contribution in [1.29, 1.82) is 0 Å². The van der Waals surface area contributed by atoms with Gasteiger partial charge < -0.3 is 10.2 Å². The number of amides is 2. The van der Waals surface area contributed by atoms with Crippen molar-refractivity contribution in [2.45, 2.75) is 25.4 Å². The molecular formula is C21H26N4O. The van der Waals surface area contributed by atoms with E-state index in [4.69, 9.17) is 0 Å². The van der Waals surface area contributed by atoms with Crippen molar-refractivity contribution < 1.29 is 4.79 Å². The van der Waals surface area contributed by atoms with E-state index < -0.39 is 0 Å². The standard InChI is InChI=1S/C21H26N4O/c26-21(23-20(18-9-10-18)17-6-2-1-3-7-17)25-14-12-24(13-15-25)16-19-8-4-5-11-22-19/h1-8,11,18,20H,9-10,12-16H2,(H,23,26). The highest BCUT2D eigenvalue weighted by Crippen LogP contribution is 2.41. The zero-order chi connectivity index (χ0) is 17.8. The first-order valence-corrected chi connectivity index (χ1v) is 9.52. The van der Waals surface area contributed by atoms with Crippen molar-refractivity contribution >= 4 is 6.03 Å². The van der Waals surface area contributed by atoms with Crippen LogP contribution < -0.4 is 5.32 Å². The number of nitrogens with zero attached hydrogens (tertiary/aromatic N) is 3. The summed E-state index contributed by atoms with van der Waals surface area (Å²) in [6.07, 6.45) is 4.25. The van der Waals surface area contributed by atoms with Gasteiger partial charge in [0.1, 0.15) is 0 Å². The molecule has 1 atom stereocenters. The summed E-state index contributed by atoms with van der Waals surface area (Å²) in [5, 5.41) is 3.29. The second kappa shape index (κ2) is 7.87. The normalized spacial score (nSPS) is 19.2.